The molecule has 1 amide bonds. The Morgan fingerprint density at radius 2 is 2.31 bits per heavy atom. The highest BCUT2D eigenvalue weighted by Gasteiger charge is 2.39. The van der Waals surface area contributed by atoms with E-state index in [1.54, 1.807) is 0 Å². The second kappa shape index (κ2) is 5.66. The van der Waals surface area contributed by atoms with Crippen LogP contribution in [0.15, 0.2) is 0 Å². The van der Waals surface area contributed by atoms with E-state index >= 15 is 0 Å². The molecule has 5 heteroatoms. The van der Waals surface area contributed by atoms with Gasteiger partial charge in [0.05, 0.1) is 0 Å². The molecule has 0 bridgehead atoms. The molecule has 1 fully saturated rings. The number of carbonyl (C=O) groups excluding carboxylic acids is 1. The van der Waals surface area contributed by atoms with Gasteiger partial charge in [-0.25, -0.2) is 4.79 Å². The van der Waals surface area contributed by atoms with Gasteiger partial charge in [0.2, 0.25) is 5.91 Å². The Balaban J connectivity index is 2.80. The number of carbonyl (C=O) groups is 2. The number of rotatable bonds is 5. The minimum absolute atomic E-state index is 0.00414. The first-order valence-corrected chi connectivity index (χ1v) is 6.71. The summed E-state index contributed by atoms with van der Waals surface area (Å²) in [6, 6.07) is -0.665. The maximum absolute atomic E-state index is 11.8. The zero-order valence-corrected chi connectivity index (χ0v) is 11.2. The average molecular weight is 292 g/mol. The standard InChI is InChI=1S/C11H18BrNO3/c1-3-7(2)10(11(15)16)13-6-8(5-12)4-9(13)14/h7-8,10H,3-6H2,1-2H3,(H,15,16)/t7-,8?,10+/m0/s1. The lowest BCUT2D eigenvalue weighted by Gasteiger charge is -2.29. The maximum atomic E-state index is 11.8. The number of likely N-dealkylation sites (tertiary alicyclic amines) is 1. The number of amides is 1. The summed E-state index contributed by atoms with van der Waals surface area (Å²) in [5.74, 6) is -0.677. The van der Waals surface area contributed by atoms with Crippen molar-refractivity contribution in [2.24, 2.45) is 11.8 Å². The van der Waals surface area contributed by atoms with E-state index in [2.05, 4.69) is 15.9 Å². The van der Waals surface area contributed by atoms with Crippen LogP contribution in [-0.2, 0) is 9.59 Å². The van der Waals surface area contributed by atoms with Crippen molar-refractivity contribution in [3.8, 4) is 0 Å². The summed E-state index contributed by atoms with van der Waals surface area (Å²) in [6.45, 7) is 4.39. The Kier molecular flexibility index (Phi) is 4.77. The summed E-state index contributed by atoms with van der Waals surface area (Å²) >= 11 is 3.35. The molecule has 4 nitrogen and oxygen atoms in total. The van der Waals surface area contributed by atoms with E-state index in [1.165, 1.54) is 4.90 Å². The second-order valence-electron chi connectivity index (χ2n) is 4.44. The topological polar surface area (TPSA) is 57.6 Å². The van der Waals surface area contributed by atoms with Crippen molar-refractivity contribution >= 4 is 27.8 Å². The molecule has 0 saturated carbocycles. The predicted octanol–water partition coefficient (Wildman–Crippen LogP) is 1.73. The molecule has 1 aliphatic heterocycles. The highest BCUT2D eigenvalue weighted by atomic mass is 79.9. The van der Waals surface area contributed by atoms with Crippen LogP contribution in [0.1, 0.15) is 26.7 Å². The van der Waals surface area contributed by atoms with Crippen LogP contribution >= 0.6 is 15.9 Å². The molecule has 0 aromatic rings. The Labute approximate surface area is 104 Å². The van der Waals surface area contributed by atoms with Crippen molar-refractivity contribution in [3.63, 3.8) is 0 Å². The lowest BCUT2D eigenvalue weighted by atomic mass is 9.98. The number of carboxylic acid groups (broad SMARTS) is 1. The molecular formula is C11H18BrNO3. The molecule has 1 heterocycles. The Morgan fingerprint density at radius 1 is 1.69 bits per heavy atom. The van der Waals surface area contributed by atoms with Crippen LogP contribution in [0, 0.1) is 11.8 Å². The molecule has 1 saturated heterocycles. The Morgan fingerprint density at radius 3 is 2.69 bits per heavy atom. The van der Waals surface area contributed by atoms with E-state index in [9.17, 15) is 14.7 Å². The first kappa shape index (κ1) is 13.5. The molecule has 0 aliphatic carbocycles. The molecule has 1 unspecified atom stereocenters. The van der Waals surface area contributed by atoms with Crippen molar-refractivity contribution < 1.29 is 14.7 Å². The fourth-order valence-corrected chi connectivity index (χ4v) is 2.52. The van der Waals surface area contributed by atoms with Gasteiger partial charge >= 0.3 is 5.97 Å². The zero-order chi connectivity index (χ0) is 12.3. The van der Waals surface area contributed by atoms with Gasteiger partial charge in [0.1, 0.15) is 6.04 Å². The van der Waals surface area contributed by atoms with Gasteiger partial charge in [0.25, 0.3) is 0 Å². The van der Waals surface area contributed by atoms with Crippen LogP contribution in [0.2, 0.25) is 0 Å². The third-order valence-corrected chi connectivity index (χ3v) is 4.14. The van der Waals surface area contributed by atoms with Gasteiger partial charge in [-0.1, -0.05) is 36.2 Å². The molecule has 16 heavy (non-hydrogen) atoms. The van der Waals surface area contributed by atoms with Crippen LogP contribution < -0.4 is 0 Å². The number of hydrogen-bond acceptors (Lipinski definition) is 2. The molecule has 92 valence electrons. The van der Waals surface area contributed by atoms with Gasteiger partial charge in [-0.3, -0.25) is 4.79 Å². The van der Waals surface area contributed by atoms with Crippen LogP contribution in [0.4, 0.5) is 0 Å². The monoisotopic (exact) mass is 291 g/mol. The quantitative estimate of drug-likeness (QED) is 0.785. The highest BCUT2D eigenvalue weighted by molar-refractivity contribution is 9.09. The maximum Gasteiger partial charge on any atom is 0.326 e. The van der Waals surface area contributed by atoms with Gasteiger partial charge in [0.15, 0.2) is 0 Å². The third-order valence-electron chi connectivity index (χ3n) is 3.23. The minimum atomic E-state index is -0.891. The number of carboxylic acids is 1. The smallest absolute Gasteiger partial charge is 0.326 e. The van der Waals surface area contributed by atoms with Crippen molar-refractivity contribution in [1.29, 1.82) is 0 Å². The molecule has 0 aromatic carbocycles. The molecular weight excluding hydrogens is 274 g/mol. The molecule has 0 aromatic heterocycles. The first-order chi connectivity index (χ1) is 7.51. The van der Waals surface area contributed by atoms with E-state index in [0.29, 0.717) is 13.0 Å². The summed E-state index contributed by atoms with van der Waals surface area (Å²) in [5, 5.41) is 9.96. The number of nitrogens with zero attached hydrogens (tertiary/aromatic N) is 1. The molecule has 3 atom stereocenters. The molecule has 1 N–H and O–H groups in total. The van der Waals surface area contributed by atoms with E-state index in [4.69, 9.17) is 0 Å². The van der Waals surface area contributed by atoms with Crippen molar-refractivity contribution in [2.45, 2.75) is 32.7 Å². The minimum Gasteiger partial charge on any atom is -0.480 e. The lowest BCUT2D eigenvalue weighted by molar-refractivity contribution is -0.150. The van der Waals surface area contributed by atoms with Crippen LogP contribution in [0.25, 0.3) is 0 Å². The summed E-state index contributed by atoms with van der Waals surface area (Å²) in [4.78, 5) is 24.5. The van der Waals surface area contributed by atoms with Gasteiger partial charge < -0.3 is 10.0 Å². The number of hydrogen-bond donors (Lipinski definition) is 1. The molecule has 0 radical (unpaired) electrons. The fraction of sp³-hybridized carbons (Fsp3) is 0.818. The number of alkyl halides is 1. The lowest BCUT2D eigenvalue weighted by Crippen LogP contribution is -2.46. The summed E-state index contributed by atoms with van der Waals surface area (Å²) in [6.07, 6.45) is 1.23. The largest absolute Gasteiger partial charge is 0.480 e. The van der Waals surface area contributed by atoms with E-state index in [0.717, 1.165) is 11.8 Å². The van der Waals surface area contributed by atoms with Gasteiger partial charge in [0, 0.05) is 18.3 Å². The molecule has 1 rings (SSSR count). The highest BCUT2D eigenvalue weighted by Crippen LogP contribution is 2.26. The van der Waals surface area contributed by atoms with E-state index < -0.39 is 12.0 Å². The normalized spacial score (nSPS) is 24.6. The fourth-order valence-electron chi connectivity index (χ4n) is 2.09. The van der Waals surface area contributed by atoms with Gasteiger partial charge in [-0.2, -0.15) is 0 Å². The van der Waals surface area contributed by atoms with Gasteiger partial charge in [-0.15, -0.1) is 0 Å². The van der Waals surface area contributed by atoms with Crippen molar-refractivity contribution in [3.05, 3.63) is 0 Å². The Hall–Kier alpha value is -0.580. The summed E-state index contributed by atoms with van der Waals surface area (Å²) < 4.78 is 0. The number of aliphatic carboxylic acids is 1. The van der Waals surface area contributed by atoms with Crippen molar-refractivity contribution in [1.82, 2.24) is 4.90 Å². The molecule has 1 aliphatic rings. The SMILES string of the molecule is CC[C@H](C)[C@H](C(=O)O)N1CC(CBr)CC1=O. The van der Waals surface area contributed by atoms with Crippen LogP contribution in [0.3, 0.4) is 0 Å². The molecule has 0 spiro atoms. The van der Waals surface area contributed by atoms with E-state index in [-0.39, 0.29) is 17.7 Å². The Bertz CT molecular complexity index is 282. The average Bonchev–Trinajstić information content (AvgIpc) is 2.59. The van der Waals surface area contributed by atoms with Crippen LogP contribution in [0.5, 0.6) is 0 Å². The summed E-state index contributed by atoms with van der Waals surface area (Å²) in [7, 11) is 0. The van der Waals surface area contributed by atoms with Crippen molar-refractivity contribution in [2.75, 3.05) is 11.9 Å². The predicted molar refractivity (Wildman–Crippen MR) is 64.5 cm³/mol. The van der Waals surface area contributed by atoms with E-state index in [1.807, 2.05) is 13.8 Å². The third kappa shape index (κ3) is 2.75. The van der Waals surface area contributed by atoms with Crippen LogP contribution in [-0.4, -0.2) is 39.8 Å². The van der Waals surface area contributed by atoms with Gasteiger partial charge in [-0.05, 0) is 11.8 Å². The number of halogens is 1. The first-order valence-electron chi connectivity index (χ1n) is 5.59. The summed E-state index contributed by atoms with van der Waals surface area (Å²) in [5.41, 5.74) is 0. The zero-order valence-electron chi connectivity index (χ0n) is 9.65. The second-order valence-corrected chi connectivity index (χ2v) is 5.09.